The second-order valence-electron chi connectivity index (χ2n) is 7.03. The van der Waals surface area contributed by atoms with Gasteiger partial charge in [0.1, 0.15) is 11.2 Å². The average molecular weight is 450 g/mol. The Labute approximate surface area is 188 Å². The fourth-order valence-corrected chi connectivity index (χ4v) is 3.40. The number of rotatable bonds is 8. The monoisotopic (exact) mass is 450 g/mol. The number of carbonyl (C=O) groups is 1. The number of aryl methyl sites for hydroxylation is 1. The predicted molar refractivity (Wildman–Crippen MR) is 121 cm³/mol. The van der Waals surface area contributed by atoms with Crippen LogP contribution < -0.4 is 25.1 Å². The van der Waals surface area contributed by atoms with E-state index in [2.05, 4.69) is 15.5 Å². The Morgan fingerprint density at radius 2 is 1.76 bits per heavy atom. The number of benzene rings is 2. The van der Waals surface area contributed by atoms with E-state index < -0.39 is 5.56 Å². The lowest BCUT2D eigenvalue weighted by atomic mass is 10.1. The van der Waals surface area contributed by atoms with Crippen molar-refractivity contribution >= 4 is 22.7 Å². The zero-order chi connectivity index (χ0) is 23.4. The summed E-state index contributed by atoms with van der Waals surface area (Å²) in [5, 5.41) is 6.77. The van der Waals surface area contributed by atoms with E-state index in [0.29, 0.717) is 34.1 Å². The average Bonchev–Trinajstić information content (AvgIpc) is 3.28. The Balaban J connectivity index is 1.49. The lowest BCUT2D eigenvalue weighted by molar-refractivity contribution is -0.116. The van der Waals surface area contributed by atoms with Crippen LogP contribution in [0.3, 0.4) is 0 Å². The van der Waals surface area contributed by atoms with E-state index in [1.165, 1.54) is 32.2 Å². The fourth-order valence-electron chi connectivity index (χ4n) is 3.40. The highest BCUT2D eigenvalue weighted by Gasteiger charge is 2.17. The maximum Gasteiger partial charge on any atom is 0.299 e. The van der Waals surface area contributed by atoms with Gasteiger partial charge in [0.05, 0.1) is 27.7 Å². The summed E-state index contributed by atoms with van der Waals surface area (Å²) >= 11 is 0. The minimum atomic E-state index is -0.407. The number of hydrogen-bond donors (Lipinski definition) is 1. The van der Waals surface area contributed by atoms with Crippen molar-refractivity contribution < 1.29 is 23.5 Å². The molecule has 2 aromatic heterocycles. The van der Waals surface area contributed by atoms with E-state index in [-0.39, 0.29) is 24.5 Å². The summed E-state index contributed by atoms with van der Waals surface area (Å²) in [5.41, 5.74) is 1.78. The quantitative estimate of drug-likeness (QED) is 0.435. The lowest BCUT2D eigenvalue weighted by Gasteiger charge is -2.14. The van der Waals surface area contributed by atoms with Gasteiger partial charge in [0, 0.05) is 36.3 Å². The van der Waals surface area contributed by atoms with E-state index >= 15 is 0 Å². The first-order chi connectivity index (χ1) is 16.0. The molecule has 0 aliphatic heterocycles. The Morgan fingerprint density at radius 3 is 2.39 bits per heavy atom. The number of methoxy groups -OCH3 is 3. The summed E-state index contributed by atoms with van der Waals surface area (Å²) in [4.78, 5) is 29.6. The normalized spacial score (nSPS) is 10.8. The molecule has 10 heteroatoms. The Bertz CT molecular complexity index is 1320. The van der Waals surface area contributed by atoms with Gasteiger partial charge >= 0.3 is 0 Å². The smallest absolute Gasteiger partial charge is 0.299 e. The number of carbonyl (C=O) groups excluding carboxylic acids is 1. The third-order valence-corrected chi connectivity index (χ3v) is 5.02. The molecule has 0 radical (unpaired) electrons. The minimum Gasteiger partial charge on any atom is -0.493 e. The zero-order valence-electron chi connectivity index (χ0n) is 18.3. The van der Waals surface area contributed by atoms with E-state index in [4.69, 9.17) is 18.7 Å². The molecule has 33 heavy (non-hydrogen) atoms. The summed E-state index contributed by atoms with van der Waals surface area (Å²) in [7, 11) is 4.48. The topological polar surface area (TPSA) is 118 Å². The second-order valence-corrected chi connectivity index (χ2v) is 7.03. The molecule has 4 aromatic rings. The van der Waals surface area contributed by atoms with Crippen molar-refractivity contribution in [3.05, 3.63) is 59.1 Å². The number of ether oxygens (including phenoxy) is 3. The molecule has 0 aliphatic rings. The molecule has 0 unspecified atom stereocenters. The molecule has 0 spiro atoms. The number of aromatic nitrogens is 3. The van der Waals surface area contributed by atoms with Crippen molar-refractivity contribution in [3.8, 4) is 28.5 Å². The van der Waals surface area contributed by atoms with Crippen LogP contribution in [0.5, 0.6) is 17.2 Å². The maximum absolute atomic E-state index is 12.8. The number of amides is 1. The van der Waals surface area contributed by atoms with Crippen molar-refractivity contribution in [2.45, 2.75) is 13.0 Å². The first kappa shape index (κ1) is 21.9. The standard InChI is InChI=1S/C23H22N4O6/c1-30-16-11-15(12-17(31-2)21(16)32-3)25-18(28)9-10-27-13-24-20-19(14-7-5-4-6-8-14)26-33-22(20)23(27)29/h4-8,11-13H,9-10H2,1-3H3,(H,25,28). The SMILES string of the molecule is COc1cc(NC(=O)CCn2cnc3c(-c4ccccc4)noc3c2=O)cc(OC)c1OC. The molecule has 170 valence electrons. The highest BCUT2D eigenvalue weighted by molar-refractivity contribution is 5.91. The van der Waals surface area contributed by atoms with Crippen molar-refractivity contribution in [3.63, 3.8) is 0 Å². The number of fused-ring (bicyclic) bond motifs is 1. The van der Waals surface area contributed by atoms with Crippen LogP contribution in [0.4, 0.5) is 5.69 Å². The Kier molecular flexibility index (Phi) is 6.25. The van der Waals surface area contributed by atoms with Gasteiger partial charge in [-0.3, -0.25) is 14.2 Å². The molecule has 10 nitrogen and oxygen atoms in total. The summed E-state index contributed by atoms with van der Waals surface area (Å²) < 4.78 is 22.4. The molecule has 1 N–H and O–H groups in total. The zero-order valence-corrected chi connectivity index (χ0v) is 18.3. The molecular formula is C23H22N4O6. The molecular weight excluding hydrogens is 428 g/mol. The Morgan fingerprint density at radius 1 is 1.06 bits per heavy atom. The third kappa shape index (κ3) is 4.36. The number of nitrogens with one attached hydrogen (secondary N) is 1. The lowest BCUT2D eigenvalue weighted by Crippen LogP contribution is -2.23. The van der Waals surface area contributed by atoms with Gasteiger partial charge in [-0.2, -0.15) is 0 Å². The summed E-state index contributed by atoms with van der Waals surface area (Å²) in [6.45, 7) is 0.111. The van der Waals surface area contributed by atoms with Crippen molar-refractivity contribution in [2.75, 3.05) is 26.6 Å². The molecule has 2 heterocycles. The van der Waals surface area contributed by atoms with Crippen LogP contribution in [-0.4, -0.2) is 41.9 Å². The number of hydrogen-bond acceptors (Lipinski definition) is 8. The van der Waals surface area contributed by atoms with Gasteiger partial charge in [0.25, 0.3) is 11.1 Å². The molecule has 0 aliphatic carbocycles. The first-order valence-electron chi connectivity index (χ1n) is 10.1. The highest BCUT2D eigenvalue weighted by Crippen LogP contribution is 2.39. The molecule has 0 saturated heterocycles. The van der Waals surface area contributed by atoms with Crippen LogP contribution in [-0.2, 0) is 11.3 Å². The van der Waals surface area contributed by atoms with E-state index in [1.807, 2.05) is 30.3 Å². The molecule has 0 fully saturated rings. The van der Waals surface area contributed by atoms with E-state index in [0.717, 1.165) is 5.56 Å². The van der Waals surface area contributed by atoms with Gasteiger partial charge in [-0.15, -0.1) is 0 Å². The van der Waals surface area contributed by atoms with Gasteiger partial charge in [0.2, 0.25) is 11.7 Å². The highest BCUT2D eigenvalue weighted by atomic mass is 16.5. The van der Waals surface area contributed by atoms with Crippen LogP contribution in [0.25, 0.3) is 22.4 Å². The second kappa shape index (κ2) is 9.43. The van der Waals surface area contributed by atoms with Crippen molar-refractivity contribution in [1.82, 2.24) is 14.7 Å². The molecule has 0 atom stereocenters. The van der Waals surface area contributed by atoms with E-state index in [9.17, 15) is 9.59 Å². The summed E-state index contributed by atoms with van der Waals surface area (Å²) in [6.07, 6.45) is 1.42. The van der Waals surface area contributed by atoms with Crippen LogP contribution in [0.15, 0.2) is 58.1 Å². The largest absolute Gasteiger partial charge is 0.493 e. The van der Waals surface area contributed by atoms with Crippen molar-refractivity contribution in [2.24, 2.45) is 0 Å². The van der Waals surface area contributed by atoms with Gasteiger partial charge in [-0.1, -0.05) is 35.5 Å². The number of nitrogens with zero attached hydrogens (tertiary/aromatic N) is 3. The van der Waals surface area contributed by atoms with Gasteiger partial charge in [-0.25, -0.2) is 4.98 Å². The predicted octanol–water partition coefficient (Wildman–Crippen LogP) is 3.11. The van der Waals surface area contributed by atoms with Gasteiger partial charge < -0.3 is 24.1 Å². The molecule has 0 saturated carbocycles. The van der Waals surface area contributed by atoms with Gasteiger partial charge in [0.15, 0.2) is 11.5 Å². The van der Waals surface area contributed by atoms with Crippen LogP contribution in [0, 0.1) is 0 Å². The third-order valence-electron chi connectivity index (χ3n) is 5.02. The van der Waals surface area contributed by atoms with E-state index in [1.54, 1.807) is 12.1 Å². The molecule has 2 aromatic carbocycles. The maximum atomic E-state index is 12.8. The molecule has 1 amide bonds. The molecule has 4 rings (SSSR count). The first-order valence-corrected chi connectivity index (χ1v) is 10.1. The Hall–Kier alpha value is -4.34. The fraction of sp³-hybridized carbons (Fsp3) is 0.217. The van der Waals surface area contributed by atoms with Crippen LogP contribution >= 0.6 is 0 Å². The summed E-state index contributed by atoms with van der Waals surface area (Å²) in [6, 6.07) is 12.6. The van der Waals surface area contributed by atoms with Crippen LogP contribution in [0.2, 0.25) is 0 Å². The van der Waals surface area contributed by atoms with Crippen molar-refractivity contribution in [1.29, 1.82) is 0 Å². The van der Waals surface area contributed by atoms with Gasteiger partial charge in [-0.05, 0) is 0 Å². The molecule has 0 bridgehead atoms. The minimum absolute atomic E-state index is 0.0312. The number of anilines is 1. The van der Waals surface area contributed by atoms with Crippen LogP contribution in [0.1, 0.15) is 6.42 Å². The summed E-state index contributed by atoms with van der Waals surface area (Å²) in [5.74, 6) is 0.944.